The summed E-state index contributed by atoms with van der Waals surface area (Å²) in [5, 5.41) is 5.07. The van der Waals surface area contributed by atoms with Gasteiger partial charge in [0.15, 0.2) is 0 Å². The van der Waals surface area contributed by atoms with E-state index in [-0.39, 0.29) is 29.6 Å². The van der Waals surface area contributed by atoms with E-state index in [1.165, 1.54) is 11.0 Å². The Labute approximate surface area is 129 Å². The van der Waals surface area contributed by atoms with E-state index in [2.05, 4.69) is 15.9 Å². The van der Waals surface area contributed by atoms with Gasteiger partial charge in [-0.2, -0.15) is 0 Å². The molecule has 1 fully saturated rings. The molecule has 2 rings (SSSR count). The van der Waals surface area contributed by atoms with Gasteiger partial charge in [-0.05, 0) is 28.1 Å². The molecule has 0 aromatic heterocycles. The van der Waals surface area contributed by atoms with Crippen molar-refractivity contribution >= 4 is 49.1 Å². The molecular formula is C11H11BrClFN2O3S. The highest BCUT2D eigenvalue weighted by Crippen LogP contribution is 2.38. The number of hydrogen-bond acceptors (Lipinski definition) is 3. The quantitative estimate of drug-likeness (QED) is 0.862. The summed E-state index contributed by atoms with van der Waals surface area (Å²) in [6, 6.07) is 2.30. The molecule has 1 aromatic rings. The molecule has 1 aliphatic rings. The number of sulfonamides is 1. The Hall–Kier alpha value is -0.700. The molecule has 5 nitrogen and oxygen atoms in total. The molecule has 20 heavy (non-hydrogen) atoms. The Morgan fingerprint density at radius 1 is 1.50 bits per heavy atom. The predicted molar refractivity (Wildman–Crippen MR) is 77.5 cm³/mol. The van der Waals surface area contributed by atoms with Crippen LogP contribution in [0.4, 0.5) is 10.1 Å². The SMILES string of the molecule is NS(=O)(=O)CC1CC(=O)N(c2c(Cl)cc(F)cc2Br)C1. The van der Waals surface area contributed by atoms with Gasteiger partial charge in [-0.3, -0.25) is 4.79 Å². The molecule has 1 unspecified atom stereocenters. The Bertz CT molecular complexity index is 645. The van der Waals surface area contributed by atoms with Gasteiger partial charge in [-0.1, -0.05) is 11.6 Å². The fraction of sp³-hybridized carbons (Fsp3) is 0.364. The van der Waals surface area contributed by atoms with E-state index >= 15 is 0 Å². The minimum Gasteiger partial charge on any atom is -0.310 e. The van der Waals surface area contributed by atoms with Crippen molar-refractivity contribution < 1.29 is 17.6 Å². The monoisotopic (exact) mass is 384 g/mol. The molecule has 1 aliphatic heterocycles. The molecule has 1 amide bonds. The lowest BCUT2D eigenvalue weighted by Gasteiger charge is -2.19. The number of carbonyl (C=O) groups is 1. The molecule has 2 N–H and O–H groups in total. The Morgan fingerprint density at radius 3 is 2.70 bits per heavy atom. The minimum absolute atomic E-state index is 0.0660. The van der Waals surface area contributed by atoms with Gasteiger partial charge in [0.05, 0.1) is 16.5 Å². The van der Waals surface area contributed by atoms with Gasteiger partial charge in [0, 0.05) is 23.4 Å². The lowest BCUT2D eigenvalue weighted by Crippen LogP contribution is -2.28. The summed E-state index contributed by atoms with van der Waals surface area (Å²) in [6.07, 6.45) is 0.0660. The number of amides is 1. The smallest absolute Gasteiger partial charge is 0.227 e. The van der Waals surface area contributed by atoms with Crippen LogP contribution in [0, 0.1) is 11.7 Å². The summed E-state index contributed by atoms with van der Waals surface area (Å²) in [6.45, 7) is 0.180. The number of hydrogen-bond donors (Lipinski definition) is 1. The minimum atomic E-state index is -3.65. The summed E-state index contributed by atoms with van der Waals surface area (Å²) in [7, 11) is -3.65. The topological polar surface area (TPSA) is 80.5 Å². The van der Waals surface area contributed by atoms with Gasteiger partial charge in [0.1, 0.15) is 5.82 Å². The van der Waals surface area contributed by atoms with Crippen LogP contribution in [0.3, 0.4) is 0 Å². The molecule has 0 radical (unpaired) electrons. The number of nitrogens with zero attached hydrogens (tertiary/aromatic N) is 1. The largest absolute Gasteiger partial charge is 0.310 e. The third-order valence-corrected chi connectivity index (χ3v) is 4.75. The van der Waals surface area contributed by atoms with Crippen molar-refractivity contribution in [2.24, 2.45) is 11.1 Å². The first kappa shape index (κ1) is 15.7. The van der Waals surface area contributed by atoms with E-state index in [0.29, 0.717) is 10.2 Å². The van der Waals surface area contributed by atoms with E-state index in [1.54, 1.807) is 0 Å². The first-order chi connectivity index (χ1) is 9.17. The van der Waals surface area contributed by atoms with Gasteiger partial charge in [0.25, 0.3) is 0 Å². The van der Waals surface area contributed by atoms with Crippen molar-refractivity contribution in [1.29, 1.82) is 0 Å². The first-order valence-electron chi connectivity index (χ1n) is 5.63. The van der Waals surface area contributed by atoms with Gasteiger partial charge in [-0.15, -0.1) is 0 Å². The number of carbonyl (C=O) groups excluding carboxylic acids is 1. The summed E-state index contributed by atoms with van der Waals surface area (Å²) in [5.74, 6) is -1.47. The number of rotatable bonds is 3. The van der Waals surface area contributed by atoms with Crippen molar-refractivity contribution in [1.82, 2.24) is 0 Å². The van der Waals surface area contributed by atoms with Crippen LogP contribution in [0.2, 0.25) is 5.02 Å². The highest BCUT2D eigenvalue weighted by Gasteiger charge is 2.34. The average Bonchev–Trinajstić information content (AvgIpc) is 2.55. The van der Waals surface area contributed by atoms with Crippen molar-refractivity contribution in [2.75, 3.05) is 17.2 Å². The van der Waals surface area contributed by atoms with Crippen LogP contribution in [0.1, 0.15) is 6.42 Å². The third-order valence-electron chi connectivity index (χ3n) is 2.92. The zero-order chi connectivity index (χ0) is 15.1. The van der Waals surface area contributed by atoms with E-state index < -0.39 is 21.8 Å². The first-order valence-corrected chi connectivity index (χ1v) is 8.51. The van der Waals surface area contributed by atoms with Gasteiger partial charge < -0.3 is 4.90 Å². The Morgan fingerprint density at radius 2 is 2.15 bits per heavy atom. The molecule has 0 bridgehead atoms. The van der Waals surface area contributed by atoms with Gasteiger partial charge in [0.2, 0.25) is 15.9 Å². The standard InChI is InChI=1S/C11H11BrClFN2O3S/c12-8-2-7(14)3-9(13)11(8)16-4-6(1-10(16)17)5-20(15,18)19/h2-3,6H,1,4-5H2,(H2,15,18,19). The number of primary sulfonamides is 1. The number of halogens is 3. The molecule has 1 saturated heterocycles. The highest BCUT2D eigenvalue weighted by molar-refractivity contribution is 9.10. The Kier molecular flexibility index (Phi) is 4.38. The van der Waals surface area contributed by atoms with Gasteiger partial charge in [-0.25, -0.2) is 17.9 Å². The van der Waals surface area contributed by atoms with E-state index in [0.717, 1.165) is 6.07 Å². The van der Waals surface area contributed by atoms with Crippen molar-refractivity contribution in [3.63, 3.8) is 0 Å². The van der Waals surface area contributed by atoms with E-state index in [9.17, 15) is 17.6 Å². The van der Waals surface area contributed by atoms with Crippen LogP contribution < -0.4 is 10.0 Å². The van der Waals surface area contributed by atoms with Crippen molar-refractivity contribution in [2.45, 2.75) is 6.42 Å². The predicted octanol–water partition coefficient (Wildman–Crippen LogP) is 1.88. The summed E-state index contributed by atoms with van der Waals surface area (Å²) in [5.41, 5.74) is 0.343. The van der Waals surface area contributed by atoms with Gasteiger partial charge >= 0.3 is 0 Å². The zero-order valence-electron chi connectivity index (χ0n) is 10.1. The second-order valence-electron chi connectivity index (χ2n) is 4.62. The summed E-state index contributed by atoms with van der Waals surface area (Å²) < 4.78 is 35.7. The fourth-order valence-electron chi connectivity index (χ4n) is 2.23. The molecule has 1 aromatic carbocycles. The maximum Gasteiger partial charge on any atom is 0.227 e. The molecule has 0 saturated carbocycles. The second-order valence-corrected chi connectivity index (χ2v) is 7.54. The molecule has 0 aliphatic carbocycles. The molecule has 9 heteroatoms. The summed E-state index contributed by atoms with van der Waals surface area (Å²) >= 11 is 9.11. The number of benzene rings is 1. The van der Waals surface area contributed by atoms with E-state index in [4.69, 9.17) is 16.7 Å². The van der Waals surface area contributed by atoms with Crippen LogP contribution in [-0.4, -0.2) is 26.6 Å². The average molecular weight is 386 g/mol. The zero-order valence-corrected chi connectivity index (χ0v) is 13.3. The molecular weight excluding hydrogens is 375 g/mol. The molecule has 1 heterocycles. The Balaban J connectivity index is 2.29. The van der Waals surface area contributed by atoms with Crippen LogP contribution in [0.25, 0.3) is 0 Å². The van der Waals surface area contributed by atoms with Crippen LogP contribution in [0.5, 0.6) is 0 Å². The highest BCUT2D eigenvalue weighted by atomic mass is 79.9. The number of anilines is 1. The fourth-order valence-corrected chi connectivity index (χ4v) is 4.18. The van der Waals surface area contributed by atoms with E-state index in [1.807, 2.05) is 0 Å². The normalized spacial score (nSPS) is 19.7. The van der Waals surface area contributed by atoms with Crippen molar-refractivity contribution in [3.05, 3.63) is 27.4 Å². The maximum atomic E-state index is 13.2. The van der Waals surface area contributed by atoms with Crippen molar-refractivity contribution in [3.8, 4) is 0 Å². The third kappa shape index (κ3) is 3.49. The van der Waals surface area contributed by atoms with Crippen LogP contribution in [-0.2, 0) is 14.8 Å². The van der Waals surface area contributed by atoms with Crippen LogP contribution in [0.15, 0.2) is 16.6 Å². The molecule has 1 atom stereocenters. The lowest BCUT2D eigenvalue weighted by molar-refractivity contribution is -0.117. The molecule has 0 spiro atoms. The summed E-state index contributed by atoms with van der Waals surface area (Å²) in [4.78, 5) is 13.3. The second kappa shape index (κ2) is 5.59. The molecule has 110 valence electrons. The lowest BCUT2D eigenvalue weighted by atomic mass is 10.1. The maximum absolute atomic E-state index is 13.2. The number of nitrogens with two attached hydrogens (primary N) is 1. The van der Waals surface area contributed by atoms with Crippen LogP contribution >= 0.6 is 27.5 Å².